The van der Waals surface area contributed by atoms with Gasteiger partial charge in [0.25, 0.3) is 0 Å². The minimum Gasteiger partial charge on any atom is -0.375 e. The van der Waals surface area contributed by atoms with Gasteiger partial charge < -0.3 is 15.0 Å². The molecule has 24 heavy (non-hydrogen) atoms. The molecular formula is C20H38N2O2. The fraction of sp³-hybridized carbons (Fsp3) is 0.950. The number of nitrogens with zero attached hydrogens (tertiary/aromatic N) is 1. The lowest BCUT2D eigenvalue weighted by Crippen LogP contribution is -2.38. The first-order chi connectivity index (χ1) is 11.8. The SMILES string of the molecule is CCN1CCC(OC(CCCC2CCCCC2)CCNC=O)CC1. The monoisotopic (exact) mass is 338 g/mol. The summed E-state index contributed by atoms with van der Waals surface area (Å²) < 4.78 is 6.44. The molecule has 0 spiro atoms. The Labute approximate surface area is 148 Å². The molecule has 1 saturated heterocycles. The summed E-state index contributed by atoms with van der Waals surface area (Å²) in [6.45, 7) is 6.47. The quantitative estimate of drug-likeness (QED) is 0.461. The molecule has 2 rings (SSSR count). The largest absolute Gasteiger partial charge is 0.375 e. The predicted molar refractivity (Wildman–Crippen MR) is 99.1 cm³/mol. The molecule has 0 aromatic rings. The maximum atomic E-state index is 10.5. The van der Waals surface area contributed by atoms with E-state index < -0.39 is 0 Å². The lowest BCUT2D eigenvalue weighted by Gasteiger charge is -2.33. The summed E-state index contributed by atoms with van der Waals surface area (Å²) in [4.78, 5) is 13.0. The standard InChI is InChI=1S/C20H38N2O2/c1-2-22-15-12-20(13-16-22)24-19(11-14-21-17-23)10-6-9-18-7-4-3-5-8-18/h17-20H,2-16H2,1H3,(H,21,23). The number of carbonyl (C=O) groups excluding carboxylic acids is 1. The first-order valence-corrected chi connectivity index (χ1v) is 10.4. The van der Waals surface area contributed by atoms with E-state index in [-0.39, 0.29) is 0 Å². The molecule has 140 valence electrons. The Morgan fingerprint density at radius 3 is 2.54 bits per heavy atom. The normalized spacial score (nSPS) is 22.4. The van der Waals surface area contributed by atoms with Crippen molar-refractivity contribution in [3.05, 3.63) is 0 Å². The molecule has 1 amide bonds. The Hall–Kier alpha value is -0.610. The lowest BCUT2D eigenvalue weighted by molar-refractivity contribution is -0.109. The number of hydrogen-bond donors (Lipinski definition) is 1. The average molecular weight is 339 g/mol. The molecule has 1 unspecified atom stereocenters. The highest BCUT2D eigenvalue weighted by Gasteiger charge is 2.22. The molecule has 2 fully saturated rings. The van der Waals surface area contributed by atoms with Gasteiger partial charge in [0.2, 0.25) is 6.41 Å². The number of nitrogens with one attached hydrogen (secondary N) is 1. The summed E-state index contributed by atoms with van der Waals surface area (Å²) in [5.74, 6) is 0.959. The number of carbonyl (C=O) groups is 1. The maximum Gasteiger partial charge on any atom is 0.207 e. The number of amides is 1. The van der Waals surface area contributed by atoms with Crippen LogP contribution in [0.2, 0.25) is 0 Å². The van der Waals surface area contributed by atoms with Crippen LogP contribution in [0.1, 0.15) is 77.6 Å². The van der Waals surface area contributed by atoms with Crippen molar-refractivity contribution in [3.8, 4) is 0 Å². The second-order valence-corrected chi connectivity index (χ2v) is 7.69. The summed E-state index contributed by atoms with van der Waals surface area (Å²) in [5, 5.41) is 2.80. The van der Waals surface area contributed by atoms with Crippen molar-refractivity contribution in [2.45, 2.75) is 89.8 Å². The fourth-order valence-electron chi connectivity index (χ4n) is 4.33. The Bertz CT molecular complexity index is 324. The van der Waals surface area contributed by atoms with E-state index >= 15 is 0 Å². The first-order valence-electron chi connectivity index (χ1n) is 10.4. The summed E-state index contributed by atoms with van der Waals surface area (Å²) in [7, 11) is 0. The van der Waals surface area contributed by atoms with Gasteiger partial charge in [-0.15, -0.1) is 0 Å². The van der Waals surface area contributed by atoms with Gasteiger partial charge in [0.1, 0.15) is 0 Å². The van der Waals surface area contributed by atoms with Gasteiger partial charge in [-0.2, -0.15) is 0 Å². The van der Waals surface area contributed by atoms with Gasteiger partial charge in [-0.25, -0.2) is 0 Å². The predicted octanol–water partition coefficient (Wildman–Crippen LogP) is 3.74. The van der Waals surface area contributed by atoms with Gasteiger partial charge in [0.15, 0.2) is 0 Å². The third-order valence-electron chi connectivity index (χ3n) is 5.92. The molecule has 1 saturated carbocycles. The minimum absolute atomic E-state index is 0.319. The summed E-state index contributed by atoms with van der Waals surface area (Å²) in [5.41, 5.74) is 0. The van der Waals surface area contributed by atoms with Crippen LogP contribution < -0.4 is 5.32 Å². The van der Waals surface area contributed by atoms with Crippen LogP contribution in [0, 0.1) is 5.92 Å². The van der Waals surface area contributed by atoms with Crippen molar-refractivity contribution in [2.24, 2.45) is 5.92 Å². The van der Waals surface area contributed by atoms with Gasteiger partial charge in [-0.05, 0) is 38.1 Å². The molecule has 4 heteroatoms. The highest BCUT2D eigenvalue weighted by atomic mass is 16.5. The zero-order valence-electron chi connectivity index (χ0n) is 15.7. The van der Waals surface area contributed by atoms with Gasteiger partial charge >= 0.3 is 0 Å². The summed E-state index contributed by atoms with van der Waals surface area (Å²) in [6, 6.07) is 0. The highest BCUT2D eigenvalue weighted by Crippen LogP contribution is 2.28. The van der Waals surface area contributed by atoms with E-state index in [2.05, 4.69) is 17.1 Å². The van der Waals surface area contributed by atoms with Crippen LogP contribution in [-0.2, 0) is 9.53 Å². The molecule has 1 N–H and O–H groups in total. The van der Waals surface area contributed by atoms with E-state index in [0.717, 1.165) is 51.1 Å². The van der Waals surface area contributed by atoms with E-state index in [1.807, 2.05) is 0 Å². The number of likely N-dealkylation sites (tertiary alicyclic amines) is 1. The smallest absolute Gasteiger partial charge is 0.207 e. The number of piperidine rings is 1. The van der Waals surface area contributed by atoms with Crippen molar-refractivity contribution in [3.63, 3.8) is 0 Å². The molecule has 0 aromatic heterocycles. The van der Waals surface area contributed by atoms with E-state index in [1.54, 1.807) is 0 Å². The van der Waals surface area contributed by atoms with E-state index in [1.165, 1.54) is 58.0 Å². The van der Waals surface area contributed by atoms with Crippen LogP contribution in [-0.4, -0.2) is 49.7 Å². The van der Waals surface area contributed by atoms with Gasteiger partial charge in [-0.3, -0.25) is 4.79 Å². The summed E-state index contributed by atoms with van der Waals surface area (Å²) >= 11 is 0. The maximum absolute atomic E-state index is 10.5. The number of hydrogen-bond acceptors (Lipinski definition) is 3. The van der Waals surface area contributed by atoms with Gasteiger partial charge in [0.05, 0.1) is 12.2 Å². The van der Waals surface area contributed by atoms with Crippen molar-refractivity contribution in [2.75, 3.05) is 26.2 Å². The Morgan fingerprint density at radius 1 is 1.12 bits per heavy atom. The number of rotatable bonds is 11. The van der Waals surface area contributed by atoms with E-state index in [4.69, 9.17) is 4.74 Å². The first kappa shape index (κ1) is 19.7. The number of ether oxygens (including phenoxy) is 1. The van der Waals surface area contributed by atoms with E-state index in [0.29, 0.717) is 12.2 Å². The third kappa shape index (κ3) is 7.52. The molecule has 1 aliphatic carbocycles. The molecule has 0 radical (unpaired) electrons. The van der Waals surface area contributed by atoms with Crippen LogP contribution in [0.3, 0.4) is 0 Å². The zero-order chi connectivity index (χ0) is 17.0. The second kappa shape index (κ2) is 11.9. The van der Waals surface area contributed by atoms with Crippen molar-refractivity contribution in [1.82, 2.24) is 10.2 Å². The fourth-order valence-corrected chi connectivity index (χ4v) is 4.33. The molecule has 1 atom stereocenters. The highest BCUT2D eigenvalue weighted by molar-refractivity contribution is 5.45. The summed E-state index contributed by atoms with van der Waals surface area (Å²) in [6.07, 6.45) is 15.8. The third-order valence-corrected chi connectivity index (χ3v) is 5.92. The molecule has 1 heterocycles. The molecule has 1 aliphatic heterocycles. The molecule has 2 aliphatic rings. The molecular weight excluding hydrogens is 300 g/mol. The molecule has 0 aromatic carbocycles. The zero-order valence-corrected chi connectivity index (χ0v) is 15.7. The van der Waals surface area contributed by atoms with Crippen LogP contribution in [0.15, 0.2) is 0 Å². The van der Waals surface area contributed by atoms with Crippen LogP contribution in [0.5, 0.6) is 0 Å². The topological polar surface area (TPSA) is 41.6 Å². The molecule has 0 bridgehead atoms. The van der Waals surface area contributed by atoms with E-state index in [9.17, 15) is 4.79 Å². The van der Waals surface area contributed by atoms with Crippen LogP contribution in [0.25, 0.3) is 0 Å². The van der Waals surface area contributed by atoms with Crippen molar-refractivity contribution in [1.29, 1.82) is 0 Å². The Kier molecular flexibility index (Phi) is 9.74. The Balaban J connectivity index is 1.68. The minimum atomic E-state index is 0.319. The second-order valence-electron chi connectivity index (χ2n) is 7.69. The van der Waals surface area contributed by atoms with Crippen LogP contribution in [0.4, 0.5) is 0 Å². The molecule has 4 nitrogen and oxygen atoms in total. The van der Waals surface area contributed by atoms with Crippen LogP contribution >= 0.6 is 0 Å². The van der Waals surface area contributed by atoms with Gasteiger partial charge in [-0.1, -0.05) is 51.9 Å². The van der Waals surface area contributed by atoms with Crippen molar-refractivity contribution >= 4 is 6.41 Å². The Morgan fingerprint density at radius 2 is 1.88 bits per heavy atom. The lowest BCUT2D eigenvalue weighted by atomic mass is 9.85. The average Bonchev–Trinajstić information content (AvgIpc) is 2.63. The van der Waals surface area contributed by atoms with Gasteiger partial charge in [0, 0.05) is 19.6 Å². The van der Waals surface area contributed by atoms with Crippen molar-refractivity contribution < 1.29 is 9.53 Å².